The molecule has 0 saturated carbocycles. The summed E-state index contributed by atoms with van der Waals surface area (Å²) in [6.45, 7) is 16.0. The Morgan fingerprint density at radius 2 is 1.27 bits per heavy atom. The van der Waals surface area contributed by atoms with E-state index in [4.69, 9.17) is 24.7 Å². The van der Waals surface area contributed by atoms with Crippen molar-refractivity contribution in [3.05, 3.63) is 62.3 Å². The van der Waals surface area contributed by atoms with Crippen LogP contribution in [-0.4, -0.2) is 46.5 Å². The number of aromatic amines is 1. The van der Waals surface area contributed by atoms with E-state index in [-0.39, 0.29) is 11.2 Å². The number of carbonyl (C=O) groups is 2. The van der Waals surface area contributed by atoms with Gasteiger partial charge in [0.2, 0.25) is 11.8 Å². The van der Waals surface area contributed by atoms with Crippen molar-refractivity contribution in [3.8, 4) is 11.8 Å². The van der Waals surface area contributed by atoms with Gasteiger partial charge in [-0.2, -0.15) is 0 Å². The number of pyridine rings is 3. The number of aromatic nitrogens is 3. The van der Waals surface area contributed by atoms with Gasteiger partial charge < -0.3 is 34.8 Å². The molecule has 0 unspecified atom stereocenters. The van der Waals surface area contributed by atoms with Gasteiger partial charge in [0.05, 0.1) is 19.8 Å². The minimum Gasteiger partial charge on any atom is -0.480 e. The number of hydrogen-bond donors (Lipinski definition) is 5. The van der Waals surface area contributed by atoms with Crippen LogP contribution in [0.15, 0.2) is 23.0 Å². The number of amides is 2. The van der Waals surface area contributed by atoms with Gasteiger partial charge in [-0.25, -0.2) is 19.6 Å². The summed E-state index contributed by atoms with van der Waals surface area (Å²) in [5.74, 6) is 0.779. The highest BCUT2D eigenvalue weighted by Gasteiger charge is 2.36. The zero-order valence-corrected chi connectivity index (χ0v) is 27.5. The van der Waals surface area contributed by atoms with E-state index in [9.17, 15) is 19.5 Å². The molecule has 6 N–H and O–H groups in total. The molecule has 2 aliphatic rings. The van der Waals surface area contributed by atoms with E-state index >= 15 is 0 Å². The number of nitrogens with one attached hydrogen (secondary N) is 3. The molecule has 3 aromatic rings. The molecule has 0 bridgehead atoms. The molecule has 0 aliphatic carbocycles. The third-order valence-electron chi connectivity index (χ3n) is 6.93. The lowest BCUT2D eigenvalue weighted by atomic mass is 9.95. The van der Waals surface area contributed by atoms with Crippen molar-refractivity contribution in [3.63, 3.8) is 0 Å². The Labute approximate surface area is 261 Å². The number of aliphatic hydroxyl groups is 1. The molecule has 14 heteroatoms. The lowest BCUT2D eigenvalue weighted by Crippen LogP contribution is -2.38. The highest BCUT2D eigenvalue weighted by molar-refractivity contribution is 5.90. The number of cyclic esters (lactones) is 2. The number of H-pyrrole nitrogens is 1. The average molecular weight is 627 g/mol. The predicted molar refractivity (Wildman–Crippen MR) is 169 cm³/mol. The van der Waals surface area contributed by atoms with E-state index in [1.165, 1.54) is 14.2 Å². The molecule has 5 heterocycles. The topological polar surface area (TPSA) is 200 Å². The molecule has 0 spiro atoms. The van der Waals surface area contributed by atoms with Crippen molar-refractivity contribution in [1.82, 2.24) is 15.0 Å². The number of carbonyl (C=O) groups excluding carboxylic acids is 2. The maximum atomic E-state index is 11.6. The number of fused-ring (bicyclic) bond motifs is 2. The van der Waals surface area contributed by atoms with Crippen molar-refractivity contribution < 1.29 is 33.6 Å². The number of nitrogen functional groups attached to an aromatic ring is 1. The van der Waals surface area contributed by atoms with Crippen LogP contribution in [0.25, 0.3) is 0 Å². The Balaban J connectivity index is 0.000000185. The van der Waals surface area contributed by atoms with Crippen molar-refractivity contribution in [2.75, 3.05) is 30.6 Å². The van der Waals surface area contributed by atoms with Gasteiger partial charge >= 0.3 is 12.2 Å². The van der Waals surface area contributed by atoms with E-state index in [0.717, 1.165) is 22.6 Å². The van der Waals surface area contributed by atoms with Gasteiger partial charge in [-0.05, 0) is 80.5 Å². The Morgan fingerprint density at radius 1 is 0.800 bits per heavy atom. The summed E-state index contributed by atoms with van der Waals surface area (Å²) in [7, 11) is 3.03. The normalized spacial score (nSPS) is 15.6. The summed E-state index contributed by atoms with van der Waals surface area (Å²) < 4.78 is 20.5. The molecule has 0 radical (unpaired) electrons. The highest BCUT2D eigenvalue weighted by Crippen LogP contribution is 2.40. The molecular formula is C31H42N6O8. The molecule has 0 atom stereocenters. The van der Waals surface area contributed by atoms with Crippen LogP contribution in [0.4, 0.5) is 26.7 Å². The fourth-order valence-corrected chi connectivity index (χ4v) is 4.82. The number of nitrogens with two attached hydrogens (primary N) is 1. The molecule has 0 aromatic carbocycles. The smallest absolute Gasteiger partial charge is 0.412 e. The Bertz CT molecular complexity index is 1670. The monoisotopic (exact) mass is 626 g/mol. The third kappa shape index (κ3) is 7.81. The van der Waals surface area contributed by atoms with Crippen LogP contribution < -0.4 is 31.4 Å². The summed E-state index contributed by atoms with van der Waals surface area (Å²) >= 11 is 0. The van der Waals surface area contributed by atoms with E-state index in [1.54, 1.807) is 46.8 Å². The van der Waals surface area contributed by atoms with Gasteiger partial charge in [-0.3, -0.25) is 15.4 Å². The van der Waals surface area contributed by atoms with Gasteiger partial charge in [0.1, 0.15) is 28.3 Å². The van der Waals surface area contributed by atoms with Crippen molar-refractivity contribution in [2.24, 2.45) is 0 Å². The zero-order chi connectivity index (χ0) is 34.1. The van der Waals surface area contributed by atoms with E-state index in [1.807, 2.05) is 33.8 Å². The van der Waals surface area contributed by atoms with Crippen LogP contribution in [0.1, 0.15) is 75.3 Å². The second-order valence-electron chi connectivity index (χ2n) is 12.1. The summed E-state index contributed by atoms with van der Waals surface area (Å²) in [4.78, 5) is 45.1. The largest absolute Gasteiger partial charge is 0.480 e. The van der Waals surface area contributed by atoms with Crippen molar-refractivity contribution in [2.45, 2.75) is 79.1 Å². The van der Waals surface area contributed by atoms with Crippen LogP contribution in [0, 0.1) is 20.8 Å². The third-order valence-corrected chi connectivity index (χ3v) is 6.93. The Morgan fingerprint density at radius 3 is 1.78 bits per heavy atom. The minimum absolute atomic E-state index is 0.279. The summed E-state index contributed by atoms with van der Waals surface area (Å²) in [5, 5.41) is 14.9. The number of hydrogen-bond acceptors (Lipinski definition) is 11. The van der Waals surface area contributed by atoms with Crippen LogP contribution in [-0.2, 0) is 26.3 Å². The van der Waals surface area contributed by atoms with E-state index < -0.39 is 29.0 Å². The summed E-state index contributed by atoms with van der Waals surface area (Å²) in [6, 6.07) is 5.45. The molecule has 244 valence electrons. The first-order valence-electron chi connectivity index (χ1n) is 14.0. The van der Waals surface area contributed by atoms with Gasteiger partial charge in [0.25, 0.3) is 5.56 Å². The van der Waals surface area contributed by atoms with Crippen LogP contribution in [0.3, 0.4) is 0 Å². The maximum Gasteiger partial charge on any atom is 0.412 e. The molecule has 2 aliphatic heterocycles. The fourth-order valence-electron chi connectivity index (χ4n) is 4.82. The molecule has 0 fully saturated rings. The molecule has 5 rings (SSSR count). The lowest BCUT2D eigenvalue weighted by molar-refractivity contribution is 0.0407. The second-order valence-corrected chi connectivity index (χ2v) is 12.1. The Hall–Kier alpha value is -4.85. The minimum atomic E-state index is -0.981. The molecule has 3 aromatic heterocycles. The molecule has 45 heavy (non-hydrogen) atoms. The molecule has 14 nitrogen and oxygen atoms in total. The predicted octanol–water partition coefficient (Wildman–Crippen LogP) is 4.88. The molecule has 2 amide bonds. The van der Waals surface area contributed by atoms with Gasteiger partial charge in [-0.1, -0.05) is 0 Å². The standard InChI is InChI=1S/C11H14N2O3.C10H12N2O3.C10H16N2O2/c1-6-5-7-8(9(12-6)15-4)13-10(14)16-11(7,2)3;1-5-4-6-7(8(13)11-5)12-9(14)15-10(6,2)3;1-6-5-7(10(2,3)13)8(11)9(12-6)14-4/h5H,1-4H3,(H,13,14);4H,1-3H3,(H,11,13)(H,12,14);5,13H,11H2,1-4H3. The number of aryl methyl sites for hydroxylation is 3. The first-order chi connectivity index (χ1) is 20.7. The van der Waals surface area contributed by atoms with Crippen LogP contribution >= 0.6 is 0 Å². The lowest BCUT2D eigenvalue weighted by Gasteiger charge is -2.33. The highest BCUT2D eigenvalue weighted by atomic mass is 16.6. The SMILES string of the molecule is COc1nc(C)cc(C(C)(C)O)c1N.COc1nc(C)cc2c1NC(=O)OC2(C)C.Cc1cc2c(c(=O)[nH]1)NC(=O)OC2(C)C. The van der Waals surface area contributed by atoms with Crippen LogP contribution in [0.5, 0.6) is 11.8 Å². The van der Waals surface area contributed by atoms with Crippen molar-refractivity contribution in [1.29, 1.82) is 0 Å². The quantitative estimate of drug-likeness (QED) is 0.265. The molecule has 0 saturated heterocycles. The number of ether oxygens (including phenoxy) is 4. The van der Waals surface area contributed by atoms with Gasteiger partial charge in [0.15, 0.2) is 0 Å². The van der Waals surface area contributed by atoms with Gasteiger partial charge in [0, 0.05) is 33.8 Å². The number of nitrogens with zero attached hydrogens (tertiary/aromatic N) is 2. The number of rotatable bonds is 3. The molecular weight excluding hydrogens is 584 g/mol. The fraction of sp³-hybridized carbons (Fsp3) is 0.452. The van der Waals surface area contributed by atoms with E-state index in [0.29, 0.717) is 34.3 Å². The summed E-state index contributed by atoms with van der Waals surface area (Å²) in [6.07, 6.45) is -1.08. The second kappa shape index (κ2) is 12.6. The Kier molecular flexibility index (Phi) is 9.73. The number of methoxy groups -OCH3 is 2. The first-order valence-corrected chi connectivity index (χ1v) is 14.0. The average Bonchev–Trinajstić information content (AvgIpc) is 2.90. The zero-order valence-electron chi connectivity index (χ0n) is 27.5. The van der Waals surface area contributed by atoms with Crippen molar-refractivity contribution >= 4 is 29.2 Å². The first kappa shape index (κ1) is 34.6. The number of anilines is 3. The maximum absolute atomic E-state index is 11.6. The van der Waals surface area contributed by atoms with Gasteiger partial charge in [-0.15, -0.1) is 0 Å². The summed E-state index contributed by atoms with van der Waals surface area (Å²) in [5.41, 5.74) is 8.90. The van der Waals surface area contributed by atoms with E-state index in [2.05, 4.69) is 25.6 Å². The van der Waals surface area contributed by atoms with Crippen LogP contribution in [0.2, 0.25) is 0 Å².